The Morgan fingerprint density at radius 3 is 2.84 bits per heavy atom. The number of piperidine rings is 1. The smallest absolute Gasteiger partial charge is 0.336 e. The van der Waals surface area contributed by atoms with Gasteiger partial charge in [-0.3, -0.25) is 9.88 Å². The van der Waals surface area contributed by atoms with Gasteiger partial charge in [0.15, 0.2) is 0 Å². The number of aromatic nitrogens is 2. The minimum Gasteiger partial charge on any atom is -0.496 e. The Balaban J connectivity index is 1.41. The first-order valence-electron chi connectivity index (χ1n) is 13.1. The Morgan fingerprint density at radius 1 is 1.19 bits per heavy atom. The van der Waals surface area contributed by atoms with E-state index in [4.69, 9.17) is 9.47 Å². The summed E-state index contributed by atoms with van der Waals surface area (Å²) in [4.78, 5) is 22.5. The summed E-state index contributed by atoms with van der Waals surface area (Å²) >= 11 is 0. The number of aromatic amines is 1. The zero-order chi connectivity index (χ0) is 25.5. The molecular weight excluding hydrogens is 466 g/mol. The Labute approximate surface area is 216 Å². The fourth-order valence-corrected chi connectivity index (χ4v) is 5.84. The van der Waals surface area contributed by atoms with Gasteiger partial charge in [-0.25, -0.2) is 4.79 Å². The molecule has 1 aliphatic carbocycles. The van der Waals surface area contributed by atoms with Gasteiger partial charge in [0, 0.05) is 60.0 Å². The Bertz CT molecular complexity index is 1460. The van der Waals surface area contributed by atoms with Crippen molar-refractivity contribution in [3.05, 3.63) is 71.0 Å². The van der Waals surface area contributed by atoms with Crippen molar-refractivity contribution in [3.63, 3.8) is 0 Å². The molecule has 2 aromatic carbocycles. The molecule has 2 aliphatic rings. The van der Waals surface area contributed by atoms with E-state index < -0.39 is 5.97 Å². The van der Waals surface area contributed by atoms with Gasteiger partial charge in [-0.15, -0.1) is 0 Å². The van der Waals surface area contributed by atoms with Crippen LogP contribution in [-0.2, 0) is 11.3 Å². The van der Waals surface area contributed by atoms with Gasteiger partial charge in [0.05, 0.1) is 24.3 Å². The van der Waals surface area contributed by atoms with Crippen molar-refractivity contribution in [1.29, 1.82) is 0 Å². The maximum Gasteiger partial charge on any atom is 0.336 e. The number of aromatic carboxylic acids is 1. The molecule has 2 N–H and O–H groups in total. The van der Waals surface area contributed by atoms with Gasteiger partial charge < -0.3 is 19.6 Å². The van der Waals surface area contributed by atoms with Crippen molar-refractivity contribution in [3.8, 4) is 5.75 Å². The molecule has 0 bridgehead atoms. The first kappa shape index (κ1) is 23.9. The summed E-state index contributed by atoms with van der Waals surface area (Å²) in [5.74, 6) is 0.669. The number of benzene rings is 2. The van der Waals surface area contributed by atoms with Crippen molar-refractivity contribution in [1.82, 2.24) is 14.9 Å². The third-order valence-corrected chi connectivity index (χ3v) is 8.01. The molecule has 1 saturated heterocycles. The Morgan fingerprint density at radius 2 is 2.05 bits per heavy atom. The highest BCUT2D eigenvalue weighted by atomic mass is 16.5. The van der Waals surface area contributed by atoms with Crippen LogP contribution in [0.3, 0.4) is 0 Å². The number of fused-ring (bicyclic) bond motifs is 2. The van der Waals surface area contributed by atoms with Crippen LogP contribution >= 0.6 is 0 Å². The topological polar surface area (TPSA) is 87.7 Å². The zero-order valence-corrected chi connectivity index (χ0v) is 21.4. The lowest BCUT2D eigenvalue weighted by atomic mass is 9.89. The molecule has 1 aliphatic heterocycles. The fraction of sp³-hybridized carbons (Fsp3) is 0.400. The van der Waals surface area contributed by atoms with E-state index in [0.717, 1.165) is 59.5 Å². The number of likely N-dealkylation sites (tertiary alicyclic amines) is 1. The van der Waals surface area contributed by atoms with Gasteiger partial charge in [-0.05, 0) is 73.9 Å². The molecule has 3 heterocycles. The average molecular weight is 500 g/mol. The van der Waals surface area contributed by atoms with Crippen LogP contribution in [0.15, 0.2) is 48.8 Å². The highest BCUT2D eigenvalue weighted by molar-refractivity contribution is 6.03. The lowest BCUT2D eigenvalue weighted by Gasteiger charge is -2.40. The molecule has 7 nitrogen and oxygen atoms in total. The van der Waals surface area contributed by atoms with E-state index in [2.05, 4.69) is 33.9 Å². The van der Waals surface area contributed by atoms with Crippen molar-refractivity contribution >= 4 is 27.8 Å². The summed E-state index contributed by atoms with van der Waals surface area (Å²) in [5.41, 5.74) is 5.53. The van der Waals surface area contributed by atoms with E-state index in [1.807, 2.05) is 18.3 Å². The number of carboxylic acid groups (broad SMARTS) is 1. The van der Waals surface area contributed by atoms with E-state index >= 15 is 0 Å². The van der Waals surface area contributed by atoms with Crippen LogP contribution in [-0.4, -0.2) is 52.3 Å². The standard InChI is InChI=1S/C30H33N3O4/c1-18-14-27(36-2)25(22-9-12-32-28(18)22)16-33-13-10-20(37-17-19-5-6-19)15-26(33)24-8-7-23(30(34)35)21-4-3-11-31-29(21)24/h3-4,7-9,11-12,14,19-20,26,32H,5-6,10,13,15-17H2,1-2H3,(H,34,35)/t20-,26-/m1/s1. The third-order valence-electron chi connectivity index (χ3n) is 8.01. The van der Waals surface area contributed by atoms with Crippen LogP contribution in [0.4, 0.5) is 0 Å². The van der Waals surface area contributed by atoms with Crippen LogP contribution in [0.25, 0.3) is 21.8 Å². The SMILES string of the molecule is COc1cc(C)c2[nH]ccc2c1CN1CC[C@@H](OCC2CC2)C[C@@H]1c1ccc(C(=O)O)c2cccnc12. The summed E-state index contributed by atoms with van der Waals surface area (Å²) in [6.07, 6.45) is 8.25. The second kappa shape index (κ2) is 9.80. The zero-order valence-electron chi connectivity index (χ0n) is 21.4. The third kappa shape index (κ3) is 4.58. The molecule has 4 aromatic rings. The number of H-pyrrole nitrogens is 1. The monoisotopic (exact) mass is 499 g/mol. The predicted octanol–water partition coefficient (Wildman–Crippen LogP) is 5.86. The van der Waals surface area contributed by atoms with Gasteiger partial charge in [-0.2, -0.15) is 0 Å². The van der Waals surface area contributed by atoms with Crippen LogP contribution in [0.5, 0.6) is 5.75 Å². The molecule has 0 amide bonds. The molecule has 2 aromatic heterocycles. The van der Waals surface area contributed by atoms with E-state index in [1.54, 1.807) is 25.4 Å². The molecule has 2 fully saturated rings. The number of hydrogen-bond donors (Lipinski definition) is 2. The number of carbonyl (C=O) groups is 1. The van der Waals surface area contributed by atoms with Crippen molar-refractivity contribution < 1.29 is 19.4 Å². The van der Waals surface area contributed by atoms with Crippen molar-refractivity contribution in [2.24, 2.45) is 5.92 Å². The second-order valence-electron chi connectivity index (χ2n) is 10.5. The number of nitrogens with one attached hydrogen (secondary N) is 1. The van der Waals surface area contributed by atoms with E-state index in [0.29, 0.717) is 17.8 Å². The molecule has 37 heavy (non-hydrogen) atoms. The van der Waals surface area contributed by atoms with E-state index in [-0.39, 0.29) is 17.7 Å². The van der Waals surface area contributed by atoms with Crippen molar-refractivity contribution in [2.45, 2.75) is 51.3 Å². The molecule has 6 rings (SSSR count). The number of methoxy groups -OCH3 is 1. The van der Waals surface area contributed by atoms with Crippen molar-refractivity contribution in [2.75, 3.05) is 20.3 Å². The van der Waals surface area contributed by atoms with E-state index in [9.17, 15) is 9.90 Å². The quantitative estimate of drug-likeness (QED) is 0.316. The van der Waals surface area contributed by atoms with E-state index in [1.165, 1.54) is 18.2 Å². The number of aryl methyl sites for hydroxylation is 1. The summed E-state index contributed by atoms with van der Waals surface area (Å²) in [5, 5.41) is 11.6. The highest BCUT2D eigenvalue weighted by Crippen LogP contribution is 2.40. The average Bonchev–Trinajstić information content (AvgIpc) is 3.61. The van der Waals surface area contributed by atoms with Gasteiger partial charge in [0.25, 0.3) is 0 Å². The molecular formula is C30H33N3O4. The number of carboxylic acids is 1. The van der Waals surface area contributed by atoms with Crippen LogP contribution in [0, 0.1) is 12.8 Å². The lowest BCUT2D eigenvalue weighted by Crippen LogP contribution is -2.40. The number of ether oxygens (including phenoxy) is 2. The summed E-state index contributed by atoms with van der Waals surface area (Å²) in [6.45, 7) is 4.52. The van der Waals surface area contributed by atoms with Crippen LogP contribution in [0.2, 0.25) is 0 Å². The molecule has 192 valence electrons. The Hall–Kier alpha value is -3.42. The molecule has 1 saturated carbocycles. The largest absolute Gasteiger partial charge is 0.496 e. The number of hydrogen-bond acceptors (Lipinski definition) is 5. The van der Waals surface area contributed by atoms with Gasteiger partial charge in [0.1, 0.15) is 5.75 Å². The number of nitrogens with zero attached hydrogens (tertiary/aromatic N) is 2. The second-order valence-corrected chi connectivity index (χ2v) is 10.5. The minimum absolute atomic E-state index is 0.0400. The van der Waals surface area contributed by atoms with Gasteiger partial charge in [-0.1, -0.05) is 12.1 Å². The summed E-state index contributed by atoms with van der Waals surface area (Å²) in [6, 6.07) is 11.6. The molecule has 7 heteroatoms. The maximum atomic E-state index is 11.9. The molecule has 2 atom stereocenters. The fourth-order valence-electron chi connectivity index (χ4n) is 5.84. The Kier molecular flexibility index (Phi) is 6.34. The molecule has 0 spiro atoms. The first-order valence-corrected chi connectivity index (χ1v) is 13.1. The maximum absolute atomic E-state index is 11.9. The van der Waals surface area contributed by atoms with Gasteiger partial charge >= 0.3 is 5.97 Å². The summed E-state index contributed by atoms with van der Waals surface area (Å²) < 4.78 is 12.2. The predicted molar refractivity (Wildman–Crippen MR) is 143 cm³/mol. The first-order chi connectivity index (χ1) is 18.0. The minimum atomic E-state index is -0.935. The highest BCUT2D eigenvalue weighted by Gasteiger charge is 2.34. The van der Waals surface area contributed by atoms with Crippen LogP contribution in [0.1, 0.15) is 58.8 Å². The molecule has 0 radical (unpaired) electrons. The van der Waals surface area contributed by atoms with Crippen LogP contribution < -0.4 is 4.74 Å². The normalized spacial score (nSPS) is 20.5. The number of rotatable bonds is 8. The lowest BCUT2D eigenvalue weighted by molar-refractivity contribution is -0.0226. The molecule has 0 unspecified atom stereocenters. The van der Waals surface area contributed by atoms with Gasteiger partial charge in [0.2, 0.25) is 0 Å². The summed E-state index contributed by atoms with van der Waals surface area (Å²) in [7, 11) is 1.73. The number of pyridine rings is 1.